The highest BCUT2D eigenvalue weighted by Crippen LogP contribution is 2.29. The molecule has 6 nitrogen and oxygen atoms in total. The van der Waals surface area contributed by atoms with E-state index in [9.17, 15) is 22.8 Å². The van der Waals surface area contributed by atoms with Gasteiger partial charge >= 0.3 is 6.18 Å². The summed E-state index contributed by atoms with van der Waals surface area (Å²) in [5.41, 5.74) is 0.172. The maximum atomic E-state index is 12.6. The van der Waals surface area contributed by atoms with Crippen molar-refractivity contribution in [3.05, 3.63) is 35.4 Å². The molecule has 1 aromatic rings. The van der Waals surface area contributed by atoms with E-state index in [1.165, 1.54) is 23.9 Å². The Balaban J connectivity index is 1.35. The number of morpholine rings is 1. The lowest BCUT2D eigenvalue weighted by atomic mass is 10.1. The van der Waals surface area contributed by atoms with E-state index in [-0.39, 0.29) is 17.6 Å². The molecule has 3 rings (SSSR count). The van der Waals surface area contributed by atoms with Gasteiger partial charge in [-0.25, -0.2) is 0 Å². The minimum Gasteiger partial charge on any atom is -0.378 e. The molecule has 2 aliphatic heterocycles. The van der Waals surface area contributed by atoms with Crippen molar-refractivity contribution in [1.29, 1.82) is 0 Å². The maximum absolute atomic E-state index is 12.6. The zero-order valence-corrected chi connectivity index (χ0v) is 17.5. The molecule has 1 aromatic carbocycles. The summed E-state index contributed by atoms with van der Waals surface area (Å²) in [7, 11) is 0. The van der Waals surface area contributed by atoms with Crippen LogP contribution in [-0.2, 0) is 27.0 Å². The molecule has 30 heavy (non-hydrogen) atoms. The first kappa shape index (κ1) is 22.9. The second-order valence-electron chi connectivity index (χ2n) is 7.34. The molecule has 0 aromatic heterocycles. The van der Waals surface area contributed by atoms with E-state index in [0.717, 1.165) is 17.7 Å². The highest BCUT2D eigenvalue weighted by atomic mass is 32.2. The van der Waals surface area contributed by atoms with Gasteiger partial charge in [0.1, 0.15) is 0 Å². The normalized spacial score (nSPS) is 18.5. The lowest BCUT2D eigenvalue weighted by Crippen LogP contribution is -2.49. The number of alkyl halides is 3. The number of nitrogens with zero attached hydrogens (tertiary/aromatic N) is 3. The van der Waals surface area contributed by atoms with Crippen LogP contribution in [0.15, 0.2) is 24.3 Å². The van der Waals surface area contributed by atoms with Gasteiger partial charge in [-0.05, 0) is 17.7 Å². The standard InChI is InChI=1S/C20H26F3N3O3S/c21-20(22,23)17-3-1-16(2-4-17)13-24-5-7-25(8-6-24)18(27)14-30-15-19(28)26-9-11-29-12-10-26/h1-4H,5-15H2. The minimum absolute atomic E-state index is 0.0176. The van der Waals surface area contributed by atoms with Crippen LogP contribution in [0.4, 0.5) is 13.2 Å². The molecule has 166 valence electrons. The number of halogens is 3. The SMILES string of the molecule is O=C(CSCC(=O)N1CCN(Cc2ccc(C(F)(F)F)cc2)CC1)N1CCOCC1. The van der Waals surface area contributed by atoms with Gasteiger partial charge in [-0.2, -0.15) is 13.2 Å². The Morgan fingerprint density at radius 2 is 1.40 bits per heavy atom. The molecule has 0 bridgehead atoms. The monoisotopic (exact) mass is 445 g/mol. The van der Waals surface area contributed by atoms with Crippen molar-refractivity contribution in [3.63, 3.8) is 0 Å². The van der Waals surface area contributed by atoms with Gasteiger partial charge in [-0.3, -0.25) is 14.5 Å². The van der Waals surface area contributed by atoms with E-state index in [4.69, 9.17) is 4.74 Å². The molecule has 2 amide bonds. The average Bonchev–Trinajstić information content (AvgIpc) is 2.74. The third-order valence-corrected chi connectivity index (χ3v) is 6.13. The fourth-order valence-electron chi connectivity index (χ4n) is 3.43. The van der Waals surface area contributed by atoms with Crippen LogP contribution in [0, 0.1) is 0 Å². The summed E-state index contributed by atoms with van der Waals surface area (Å²) in [6, 6.07) is 5.21. The van der Waals surface area contributed by atoms with Crippen molar-refractivity contribution in [3.8, 4) is 0 Å². The Hall–Kier alpha value is -1.78. The molecular weight excluding hydrogens is 419 g/mol. The van der Waals surface area contributed by atoms with Crippen LogP contribution in [-0.4, -0.2) is 90.5 Å². The lowest BCUT2D eigenvalue weighted by molar-refractivity contribution is -0.137. The number of ether oxygens (including phenoxy) is 1. The first-order chi connectivity index (χ1) is 14.3. The zero-order valence-electron chi connectivity index (χ0n) is 16.7. The highest BCUT2D eigenvalue weighted by Gasteiger charge is 2.30. The third-order valence-electron chi connectivity index (χ3n) is 5.23. The molecule has 2 heterocycles. The Bertz CT molecular complexity index is 716. The Kier molecular flexibility index (Phi) is 8.01. The minimum atomic E-state index is -4.32. The summed E-state index contributed by atoms with van der Waals surface area (Å²) in [6.45, 7) is 5.40. The van der Waals surface area contributed by atoms with Crippen LogP contribution in [0.25, 0.3) is 0 Å². The van der Waals surface area contributed by atoms with E-state index >= 15 is 0 Å². The topological polar surface area (TPSA) is 53.1 Å². The Labute approximate surface area is 178 Å². The quantitative estimate of drug-likeness (QED) is 0.670. The van der Waals surface area contributed by atoms with Crippen LogP contribution in [0.5, 0.6) is 0 Å². The van der Waals surface area contributed by atoms with Gasteiger partial charge in [-0.1, -0.05) is 12.1 Å². The van der Waals surface area contributed by atoms with E-state index in [1.54, 1.807) is 9.80 Å². The van der Waals surface area contributed by atoms with Gasteiger partial charge in [-0.15, -0.1) is 11.8 Å². The first-order valence-corrected chi connectivity index (χ1v) is 11.1. The van der Waals surface area contributed by atoms with Gasteiger partial charge in [0, 0.05) is 45.8 Å². The number of thioether (sulfide) groups is 1. The van der Waals surface area contributed by atoms with Gasteiger partial charge in [0.05, 0.1) is 30.3 Å². The fraction of sp³-hybridized carbons (Fsp3) is 0.600. The van der Waals surface area contributed by atoms with Crippen LogP contribution in [0.3, 0.4) is 0 Å². The number of hydrogen-bond acceptors (Lipinski definition) is 5. The molecule has 0 saturated carbocycles. The second-order valence-corrected chi connectivity index (χ2v) is 8.32. The molecule has 2 fully saturated rings. The molecule has 0 unspecified atom stereocenters. The van der Waals surface area contributed by atoms with Crippen molar-refractivity contribution >= 4 is 23.6 Å². The summed E-state index contributed by atoms with van der Waals surface area (Å²) in [5.74, 6) is 0.621. The van der Waals surface area contributed by atoms with Crippen LogP contribution in [0.2, 0.25) is 0 Å². The Morgan fingerprint density at radius 1 is 0.867 bits per heavy atom. The predicted molar refractivity (Wildman–Crippen MR) is 108 cm³/mol. The summed E-state index contributed by atoms with van der Waals surface area (Å²) in [5, 5.41) is 0. The molecular formula is C20H26F3N3O3S. The smallest absolute Gasteiger partial charge is 0.378 e. The lowest BCUT2D eigenvalue weighted by Gasteiger charge is -2.34. The summed E-state index contributed by atoms with van der Waals surface area (Å²) >= 11 is 1.33. The predicted octanol–water partition coefficient (Wildman–Crippen LogP) is 1.94. The maximum Gasteiger partial charge on any atom is 0.416 e. The third kappa shape index (κ3) is 6.61. The summed E-state index contributed by atoms with van der Waals surface area (Å²) < 4.78 is 43.2. The van der Waals surface area contributed by atoms with E-state index in [1.807, 2.05) is 0 Å². The van der Waals surface area contributed by atoms with E-state index < -0.39 is 11.7 Å². The van der Waals surface area contributed by atoms with Crippen molar-refractivity contribution < 1.29 is 27.5 Å². The number of carbonyl (C=O) groups excluding carboxylic acids is 2. The first-order valence-electron chi connectivity index (χ1n) is 9.92. The molecule has 0 atom stereocenters. The van der Waals surface area contributed by atoms with Gasteiger partial charge < -0.3 is 14.5 Å². The summed E-state index contributed by atoms with van der Waals surface area (Å²) in [6.07, 6.45) is -4.32. The number of rotatable bonds is 6. The van der Waals surface area contributed by atoms with Crippen LogP contribution < -0.4 is 0 Å². The molecule has 0 aliphatic carbocycles. The molecule has 0 N–H and O–H groups in total. The number of amides is 2. The average molecular weight is 446 g/mol. The zero-order chi connectivity index (χ0) is 21.6. The van der Waals surface area contributed by atoms with Crippen LogP contribution >= 0.6 is 11.8 Å². The van der Waals surface area contributed by atoms with Gasteiger partial charge in [0.15, 0.2) is 0 Å². The largest absolute Gasteiger partial charge is 0.416 e. The molecule has 2 aliphatic rings. The molecule has 2 saturated heterocycles. The fourth-order valence-corrected chi connectivity index (χ4v) is 4.25. The summed E-state index contributed by atoms with van der Waals surface area (Å²) in [4.78, 5) is 30.2. The van der Waals surface area contributed by atoms with Crippen molar-refractivity contribution in [2.45, 2.75) is 12.7 Å². The highest BCUT2D eigenvalue weighted by molar-refractivity contribution is 8.00. The Morgan fingerprint density at radius 3 is 1.93 bits per heavy atom. The number of piperazine rings is 1. The van der Waals surface area contributed by atoms with Crippen molar-refractivity contribution in [1.82, 2.24) is 14.7 Å². The number of hydrogen-bond donors (Lipinski definition) is 0. The van der Waals surface area contributed by atoms with Crippen molar-refractivity contribution in [2.75, 3.05) is 64.0 Å². The number of benzene rings is 1. The van der Waals surface area contributed by atoms with E-state index in [2.05, 4.69) is 4.90 Å². The number of carbonyl (C=O) groups is 2. The molecule has 0 radical (unpaired) electrons. The van der Waals surface area contributed by atoms with Crippen molar-refractivity contribution in [2.24, 2.45) is 0 Å². The second kappa shape index (κ2) is 10.5. The van der Waals surface area contributed by atoms with Gasteiger partial charge in [0.25, 0.3) is 0 Å². The van der Waals surface area contributed by atoms with Crippen LogP contribution in [0.1, 0.15) is 11.1 Å². The van der Waals surface area contributed by atoms with Gasteiger partial charge in [0.2, 0.25) is 11.8 Å². The molecule has 10 heteroatoms. The molecule has 0 spiro atoms. The van der Waals surface area contributed by atoms with E-state index in [0.29, 0.717) is 64.8 Å².